The van der Waals surface area contributed by atoms with E-state index in [1.807, 2.05) is 54.7 Å². The number of carbonyl (C=O) groups is 2. The zero-order valence-electron chi connectivity index (χ0n) is 31.5. The molecule has 3 aromatic heterocycles. The Hall–Kier alpha value is -4.61. The van der Waals surface area contributed by atoms with Crippen molar-refractivity contribution in [2.45, 2.75) is 91.6 Å². The van der Waals surface area contributed by atoms with Crippen LogP contribution in [0.25, 0.3) is 21.3 Å². The van der Waals surface area contributed by atoms with Crippen LogP contribution in [0.2, 0.25) is 0 Å². The number of carboxylic acid groups (broad SMARTS) is 1. The molecule has 4 saturated carbocycles. The first-order valence-electron chi connectivity index (χ1n) is 19.4. The fourth-order valence-electron chi connectivity index (χ4n) is 12.4. The highest BCUT2D eigenvalue weighted by Gasteiger charge is 2.65. The van der Waals surface area contributed by atoms with Gasteiger partial charge in [0, 0.05) is 42.0 Å². The van der Waals surface area contributed by atoms with Crippen molar-refractivity contribution in [3.8, 4) is 11.1 Å². The van der Waals surface area contributed by atoms with Crippen LogP contribution in [0.5, 0.6) is 0 Å². The predicted octanol–water partition coefficient (Wildman–Crippen LogP) is 8.48. The third-order valence-electron chi connectivity index (χ3n) is 13.0. The van der Waals surface area contributed by atoms with Crippen LogP contribution in [0.3, 0.4) is 0 Å². The van der Waals surface area contributed by atoms with E-state index in [9.17, 15) is 14.7 Å². The number of aromatic nitrogens is 4. The summed E-state index contributed by atoms with van der Waals surface area (Å²) in [6.45, 7) is 9.80. The van der Waals surface area contributed by atoms with Gasteiger partial charge in [-0.3, -0.25) is 14.8 Å². The minimum absolute atomic E-state index is 0.0124. The lowest BCUT2D eigenvalue weighted by atomic mass is 9.35. The Bertz CT molecular complexity index is 2260. The molecule has 0 saturated heterocycles. The fraction of sp³-hybridized carbons (Fsp3) is 0.465. The van der Waals surface area contributed by atoms with E-state index in [-0.39, 0.29) is 17.0 Å². The molecule has 0 spiro atoms. The maximum atomic E-state index is 13.6. The van der Waals surface area contributed by atoms with Crippen molar-refractivity contribution >= 4 is 44.4 Å². The number of carbonyl (C=O) groups excluding carboxylic acids is 1. The molecule has 4 aliphatic carbocycles. The molecule has 4 heterocycles. The normalized spacial score (nSPS) is 27.0. The van der Waals surface area contributed by atoms with Gasteiger partial charge in [-0.25, -0.2) is 14.8 Å². The number of pyridine rings is 1. The number of para-hydroxylation sites is 1. The Kier molecular flexibility index (Phi) is 8.28. The number of hydrogen-bond acceptors (Lipinski definition) is 8. The van der Waals surface area contributed by atoms with Crippen LogP contribution < -0.4 is 16.0 Å². The van der Waals surface area contributed by atoms with Gasteiger partial charge in [0.2, 0.25) is 0 Å². The number of thiazole rings is 1. The van der Waals surface area contributed by atoms with Gasteiger partial charge in [-0.1, -0.05) is 49.4 Å². The summed E-state index contributed by atoms with van der Waals surface area (Å²) >= 11 is 1.45. The molecule has 5 aliphatic rings. The standard InChI is InChI=1S/C43H49N7O3S/c1-27-31(18-45-50(27)26-43-23-40(2)20-41(3,24-43)22-42(21-40,25-43)15-7-16-44)29-12-13-35(47-36(29)38(52)53)49-17-14-28-8-6-9-30(32(28)19-49)37(51)48-39-46-33-10-4-5-11-34(33)54-39/h4-6,8-13,18H,7,14-17,19-26,44H2,1-3H3,(H,52,53)(H,46,48,51). The topological polar surface area (TPSA) is 139 Å². The third kappa shape index (κ3) is 6.09. The molecule has 1 amide bonds. The Morgan fingerprint density at radius 2 is 1.70 bits per heavy atom. The Labute approximate surface area is 320 Å². The van der Waals surface area contributed by atoms with E-state index < -0.39 is 5.97 Å². The first kappa shape index (κ1) is 35.1. The quantitative estimate of drug-likeness (QED) is 0.130. The Morgan fingerprint density at radius 1 is 0.926 bits per heavy atom. The molecule has 4 bridgehead atoms. The highest BCUT2D eigenvalue weighted by atomic mass is 32.1. The molecule has 280 valence electrons. The second-order valence-electron chi connectivity index (χ2n) is 17.8. The molecule has 11 heteroatoms. The summed E-state index contributed by atoms with van der Waals surface area (Å²) in [7, 11) is 0. The highest BCUT2D eigenvalue weighted by Crippen LogP contribution is 2.75. The summed E-state index contributed by atoms with van der Waals surface area (Å²) in [5.74, 6) is -0.709. The van der Waals surface area contributed by atoms with Crippen LogP contribution in [0.4, 0.5) is 10.9 Å². The van der Waals surface area contributed by atoms with E-state index >= 15 is 0 Å². The molecular weight excluding hydrogens is 695 g/mol. The minimum atomic E-state index is -1.07. The first-order valence-corrected chi connectivity index (χ1v) is 20.2. The molecule has 5 aromatic rings. The number of nitrogens with two attached hydrogens (primary N) is 1. The summed E-state index contributed by atoms with van der Waals surface area (Å²) in [5.41, 5.74) is 13.1. The first-order chi connectivity index (χ1) is 25.9. The smallest absolute Gasteiger partial charge is 0.355 e. The zero-order chi connectivity index (χ0) is 37.5. The largest absolute Gasteiger partial charge is 0.476 e. The minimum Gasteiger partial charge on any atom is -0.476 e. The molecule has 0 radical (unpaired) electrons. The lowest BCUT2D eigenvalue weighted by Crippen LogP contribution is -2.60. The van der Waals surface area contributed by atoms with Crippen molar-refractivity contribution in [2.24, 2.45) is 27.4 Å². The van der Waals surface area contributed by atoms with E-state index in [1.54, 1.807) is 0 Å². The monoisotopic (exact) mass is 743 g/mol. The molecule has 1 aliphatic heterocycles. The van der Waals surface area contributed by atoms with E-state index in [2.05, 4.69) is 46.7 Å². The van der Waals surface area contributed by atoms with E-state index in [4.69, 9.17) is 15.8 Å². The lowest BCUT2D eigenvalue weighted by Gasteiger charge is -2.70. The summed E-state index contributed by atoms with van der Waals surface area (Å²) in [6, 6.07) is 17.4. The maximum absolute atomic E-state index is 13.6. The number of rotatable bonds is 10. The second kappa shape index (κ2) is 12.7. The number of anilines is 2. The number of carboxylic acids is 1. The number of amides is 1. The predicted molar refractivity (Wildman–Crippen MR) is 213 cm³/mol. The lowest BCUT2D eigenvalue weighted by molar-refractivity contribution is -0.197. The molecule has 2 aromatic carbocycles. The van der Waals surface area contributed by atoms with Gasteiger partial charge in [0.05, 0.1) is 16.4 Å². The molecule has 4 fully saturated rings. The molecule has 2 atom stereocenters. The van der Waals surface area contributed by atoms with Gasteiger partial charge >= 0.3 is 5.97 Å². The van der Waals surface area contributed by atoms with Crippen molar-refractivity contribution in [3.05, 3.63) is 88.9 Å². The van der Waals surface area contributed by atoms with Crippen LogP contribution in [-0.4, -0.2) is 49.8 Å². The van der Waals surface area contributed by atoms with Gasteiger partial charge < -0.3 is 15.7 Å². The number of fused-ring (bicyclic) bond motifs is 2. The SMILES string of the molecule is Cc1c(-c2ccc(N3CCc4cccc(C(=O)Nc5nc6ccccc6s5)c4C3)nc2C(=O)O)cnn1CC12CC3(C)CC(C)(CC(CCCN)(C3)C1)C2. The third-order valence-corrected chi connectivity index (χ3v) is 14.0. The van der Waals surface area contributed by atoms with Gasteiger partial charge in [-0.05, 0) is 134 Å². The van der Waals surface area contributed by atoms with E-state index in [0.29, 0.717) is 57.8 Å². The van der Waals surface area contributed by atoms with Gasteiger partial charge in [0.1, 0.15) is 5.82 Å². The summed E-state index contributed by atoms with van der Waals surface area (Å²) < 4.78 is 3.16. The number of aromatic carboxylic acids is 1. The van der Waals surface area contributed by atoms with Gasteiger partial charge in [0.25, 0.3) is 5.91 Å². The van der Waals surface area contributed by atoms with Crippen LogP contribution in [0, 0.1) is 28.6 Å². The molecule has 10 nitrogen and oxygen atoms in total. The average Bonchev–Trinajstić information content (AvgIpc) is 3.70. The number of hydrogen-bond donors (Lipinski definition) is 3. The number of nitrogens with zero attached hydrogens (tertiary/aromatic N) is 5. The van der Waals surface area contributed by atoms with E-state index in [1.165, 1.54) is 56.3 Å². The van der Waals surface area contributed by atoms with Gasteiger partial charge in [0.15, 0.2) is 10.8 Å². The van der Waals surface area contributed by atoms with Crippen molar-refractivity contribution in [1.82, 2.24) is 19.7 Å². The zero-order valence-corrected chi connectivity index (χ0v) is 32.3. The van der Waals surface area contributed by atoms with E-state index in [0.717, 1.165) is 52.1 Å². The van der Waals surface area contributed by atoms with Crippen molar-refractivity contribution in [3.63, 3.8) is 0 Å². The number of benzene rings is 2. The van der Waals surface area contributed by atoms with Crippen LogP contribution in [-0.2, 0) is 19.5 Å². The number of nitrogens with one attached hydrogen (secondary N) is 1. The van der Waals surface area contributed by atoms with Crippen LogP contribution in [0.15, 0.2) is 60.8 Å². The second-order valence-corrected chi connectivity index (χ2v) is 18.8. The van der Waals surface area contributed by atoms with Crippen LogP contribution >= 0.6 is 11.3 Å². The highest BCUT2D eigenvalue weighted by molar-refractivity contribution is 7.22. The molecule has 54 heavy (non-hydrogen) atoms. The van der Waals surface area contributed by atoms with Gasteiger partial charge in [-0.15, -0.1) is 0 Å². The fourth-order valence-corrected chi connectivity index (χ4v) is 13.2. The Morgan fingerprint density at radius 3 is 2.46 bits per heavy atom. The molecule has 2 unspecified atom stereocenters. The average molecular weight is 744 g/mol. The summed E-state index contributed by atoms with van der Waals surface area (Å²) in [4.78, 5) is 37.9. The van der Waals surface area contributed by atoms with Crippen molar-refractivity contribution < 1.29 is 14.7 Å². The maximum Gasteiger partial charge on any atom is 0.355 e. The molecular formula is C43H49N7O3S. The summed E-state index contributed by atoms with van der Waals surface area (Å²) in [5, 5.41) is 19.0. The van der Waals surface area contributed by atoms with Gasteiger partial charge in [-0.2, -0.15) is 5.10 Å². The van der Waals surface area contributed by atoms with Crippen LogP contribution in [0.1, 0.15) is 103 Å². The van der Waals surface area contributed by atoms with Crippen molar-refractivity contribution in [1.29, 1.82) is 0 Å². The van der Waals surface area contributed by atoms with Crippen molar-refractivity contribution in [2.75, 3.05) is 23.3 Å². The molecule has 10 rings (SSSR count). The summed E-state index contributed by atoms with van der Waals surface area (Å²) in [6.07, 6.45) is 12.4. The molecule has 4 N–H and O–H groups in total. The Balaban J connectivity index is 0.970.